The lowest BCUT2D eigenvalue weighted by molar-refractivity contribution is -0.0565. The molecule has 25 heavy (non-hydrogen) atoms. The minimum Gasteiger partial charge on any atom is -0.465 e. The Hall–Kier alpha value is -0.880. The molecule has 0 radical (unpaired) electrons. The molecule has 0 N–H and O–H groups in total. The molecule has 5 heteroatoms. The van der Waals surface area contributed by atoms with Gasteiger partial charge in [-0.3, -0.25) is 4.90 Å². The van der Waals surface area contributed by atoms with Crippen LogP contribution in [-0.2, 0) is 20.8 Å². The topological polar surface area (TPSA) is 44.1 Å². The van der Waals surface area contributed by atoms with Crippen LogP contribution in [0.3, 0.4) is 0 Å². The first-order valence-corrected chi connectivity index (χ1v) is 9.82. The third-order valence-corrected chi connectivity index (χ3v) is 5.88. The van der Waals surface area contributed by atoms with Crippen molar-refractivity contribution in [1.29, 1.82) is 0 Å². The van der Waals surface area contributed by atoms with E-state index in [1.54, 1.807) is 0 Å². The summed E-state index contributed by atoms with van der Waals surface area (Å²) in [5, 5.41) is 0. The minimum absolute atomic E-state index is 0.0137. The van der Waals surface area contributed by atoms with Gasteiger partial charge in [-0.25, -0.2) is 0 Å². The molecule has 140 valence electrons. The summed E-state index contributed by atoms with van der Waals surface area (Å²) in [6.07, 6.45) is 5.90. The van der Waals surface area contributed by atoms with Crippen molar-refractivity contribution in [1.82, 2.24) is 4.90 Å². The quantitative estimate of drug-likeness (QED) is 0.817. The first-order chi connectivity index (χ1) is 12.2. The third kappa shape index (κ3) is 4.45. The number of rotatable bonds is 5. The zero-order valence-electron chi connectivity index (χ0n) is 15.4. The van der Waals surface area contributed by atoms with Crippen molar-refractivity contribution >= 4 is 0 Å². The van der Waals surface area contributed by atoms with E-state index >= 15 is 0 Å². The van der Waals surface area contributed by atoms with Crippen molar-refractivity contribution in [3.63, 3.8) is 0 Å². The number of likely N-dealkylation sites (tertiary alicyclic amines) is 1. The zero-order valence-corrected chi connectivity index (χ0v) is 15.4. The van der Waals surface area contributed by atoms with Gasteiger partial charge in [0.1, 0.15) is 11.5 Å². The number of nitrogens with zero attached hydrogens (tertiary/aromatic N) is 1. The van der Waals surface area contributed by atoms with E-state index in [-0.39, 0.29) is 11.7 Å². The summed E-state index contributed by atoms with van der Waals surface area (Å²) < 4.78 is 23.7. The number of furan rings is 1. The second-order valence-electron chi connectivity index (χ2n) is 8.04. The average Bonchev–Trinajstić information content (AvgIpc) is 3.20. The molecule has 5 nitrogen and oxygen atoms in total. The Labute approximate surface area is 150 Å². The molecule has 3 saturated heterocycles. The monoisotopic (exact) mass is 349 g/mol. The number of ether oxygens (including phenoxy) is 3. The first-order valence-electron chi connectivity index (χ1n) is 9.82. The Balaban J connectivity index is 1.26. The van der Waals surface area contributed by atoms with Crippen molar-refractivity contribution in [3.05, 3.63) is 23.7 Å². The fourth-order valence-electron chi connectivity index (χ4n) is 4.50. The van der Waals surface area contributed by atoms with Gasteiger partial charge in [-0.2, -0.15) is 0 Å². The summed E-state index contributed by atoms with van der Waals surface area (Å²) in [6, 6.07) is 4.13. The minimum atomic E-state index is -0.0137. The van der Waals surface area contributed by atoms with Crippen molar-refractivity contribution in [3.8, 4) is 0 Å². The molecule has 3 aliphatic heterocycles. The van der Waals surface area contributed by atoms with Crippen LogP contribution in [0.4, 0.5) is 0 Å². The SMILES string of the molecule is Cc1ccc(CN2CCC[C@]3(C[C@@H](OCC4CCOCC4)CO3)C2)o1. The molecule has 0 amide bonds. The lowest BCUT2D eigenvalue weighted by atomic mass is 9.89. The fourth-order valence-corrected chi connectivity index (χ4v) is 4.50. The molecule has 0 bridgehead atoms. The molecule has 1 aromatic rings. The van der Waals surface area contributed by atoms with Gasteiger partial charge in [0.2, 0.25) is 0 Å². The van der Waals surface area contributed by atoms with Gasteiger partial charge in [-0.1, -0.05) is 0 Å². The summed E-state index contributed by atoms with van der Waals surface area (Å²) >= 11 is 0. The predicted molar refractivity (Wildman–Crippen MR) is 94.5 cm³/mol. The lowest BCUT2D eigenvalue weighted by Gasteiger charge is -2.39. The van der Waals surface area contributed by atoms with Crippen LogP contribution >= 0.6 is 0 Å². The molecule has 4 heterocycles. The maximum atomic E-state index is 6.29. The van der Waals surface area contributed by atoms with Crippen molar-refractivity contribution in [2.24, 2.45) is 5.92 Å². The Morgan fingerprint density at radius 1 is 1.28 bits per heavy atom. The standard InChI is InChI=1S/C20H31NO4/c1-16-3-4-18(25-16)12-21-8-2-7-20(15-21)11-19(14-24-20)23-13-17-5-9-22-10-6-17/h3-4,17,19H,2,5-15H2,1H3/t19-,20+/m1/s1. The Morgan fingerprint density at radius 2 is 2.16 bits per heavy atom. The van der Waals surface area contributed by atoms with E-state index in [0.717, 1.165) is 83.3 Å². The van der Waals surface area contributed by atoms with Gasteiger partial charge >= 0.3 is 0 Å². The van der Waals surface area contributed by atoms with Gasteiger partial charge in [0.05, 0.1) is 31.5 Å². The highest BCUT2D eigenvalue weighted by atomic mass is 16.6. The third-order valence-electron chi connectivity index (χ3n) is 5.88. The molecule has 1 aromatic heterocycles. The fraction of sp³-hybridized carbons (Fsp3) is 0.800. The van der Waals surface area contributed by atoms with Crippen molar-refractivity contribution in [2.75, 3.05) is 39.5 Å². The van der Waals surface area contributed by atoms with Gasteiger partial charge < -0.3 is 18.6 Å². The number of piperidine rings is 1. The Morgan fingerprint density at radius 3 is 2.96 bits per heavy atom. The second kappa shape index (κ2) is 7.78. The number of hydrogen-bond donors (Lipinski definition) is 0. The van der Waals surface area contributed by atoms with Crippen molar-refractivity contribution < 1.29 is 18.6 Å². The molecule has 0 aliphatic carbocycles. The molecule has 3 aliphatic rings. The summed E-state index contributed by atoms with van der Waals surface area (Å²) in [5.41, 5.74) is -0.0137. The van der Waals surface area contributed by atoms with E-state index in [1.165, 1.54) is 6.42 Å². The van der Waals surface area contributed by atoms with Gasteiger partial charge in [-0.05, 0) is 57.2 Å². The summed E-state index contributed by atoms with van der Waals surface area (Å²) in [7, 11) is 0. The molecule has 4 rings (SSSR count). The predicted octanol–water partition coefficient (Wildman–Crippen LogP) is 3.15. The highest BCUT2D eigenvalue weighted by Gasteiger charge is 2.44. The second-order valence-corrected chi connectivity index (χ2v) is 8.04. The van der Waals surface area contributed by atoms with Crippen LogP contribution < -0.4 is 0 Å². The van der Waals surface area contributed by atoms with E-state index in [0.29, 0.717) is 5.92 Å². The lowest BCUT2D eigenvalue weighted by Crippen LogP contribution is -2.47. The average molecular weight is 349 g/mol. The van der Waals surface area contributed by atoms with Gasteiger partial charge in [0.25, 0.3) is 0 Å². The highest BCUT2D eigenvalue weighted by molar-refractivity contribution is 5.06. The van der Waals surface area contributed by atoms with E-state index in [2.05, 4.69) is 11.0 Å². The summed E-state index contributed by atoms with van der Waals surface area (Å²) in [5.74, 6) is 2.70. The maximum absolute atomic E-state index is 6.29. The first kappa shape index (κ1) is 17.5. The van der Waals surface area contributed by atoms with E-state index in [4.69, 9.17) is 18.6 Å². The highest BCUT2D eigenvalue weighted by Crippen LogP contribution is 2.36. The van der Waals surface area contributed by atoms with Crippen LogP contribution in [0.1, 0.15) is 43.6 Å². The van der Waals surface area contributed by atoms with Crippen LogP contribution in [-0.4, -0.2) is 56.1 Å². The summed E-state index contributed by atoms with van der Waals surface area (Å²) in [4.78, 5) is 2.47. The maximum Gasteiger partial charge on any atom is 0.118 e. The molecule has 3 fully saturated rings. The van der Waals surface area contributed by atoms with Gasteiger partial charge in [-0.15, -0.1) is 0 Å². The Kier molecular flexibility index (Phi) is 5.46. The normalized spacial score (nSPS) is 31.8. The van der Waals surface area contributed by atoms with E-state index in [1.807, 2.05) is 13.0 Å². The molecular weight excluding hydrogens is 318 g/mol. The number of hydrogen-bond acceptors (Lipinski definition) is 5. The number of aryl methyl sites for hydroxylation is 1. The van der Waals surface area contributed by atoms with Crippen LogP contribution in [0.25, 0.3) is 0 Å². The van der Waals surface area contributed by atoms with Crippen LogP contribution in [0, 0.1) is 12.8 Å². The zero-order chi connectivity index (χ0) is 17.1. The largest absolute Gasteiger partial charge is 0.465 e. The molecule has 2 atom stereocenters. The molecule has 0 aromatic carbocycles. The molecule has 0 unspecified atom stereocenters. The molecule has 1 spiro atoms. The Bertz CT molecular complexity index is 554. The van der Waals surface area contributed by atoms with E-state index < -0.39 is 0 Å². The van der Waals surface area contributed by atoms with Crippen LogP contribution in [0.5, 0.6) is 0 Å². The smallest absolute Gasteiger partial charge is 0.118 e. The van der Waals surface area contributed by atoms with Gasteiger partial charge in [0, 0.05) is 26.2 Å². The molecule has 0 saturated carbocycles. The van der Waals surface area contributed by atoms with E-state index in [9.17, 15) is 0 Å². The molecular formula is C20H31NO4. The van der Waals surface area contributed by atoms with Crippen LogP contribution in [0.2, 0.25) is 0 Å². The van der Waals surface area contributed by atoms with Gasteiger partial charge in [0.15, 0.2) is 0 Å². The van der Waals surface area contributed by atoms with Crippen molar-refractivity contribution in [2.45, 2.75) is 57.3 Å². The van der Waals surface area contributed by atoms with Crippen LogP contribution in [0.15, 0.2) is 16.5 Å². The summed E-state index contributed by atoms with van der Waals surface area (Å²) in [6.45, 7) is 8.39.